The number of methoxy groups -OCH3 is 1. The van der Waals surface area contributed by atoms with Crippen LogP contribution in [0.5, 0.6) is 5.75 Å². The minimum Gasteiger partial charge on any atom is -0.495 e. The Balaban J connectivity index is 1.91. The maximum absolute atomic E-state index is 12.2. The molecule has 0 aliphatic carbocycles. The van der Waals surface area contributed by atoms with Crippen LogP contribution in [0.4, 0.5) is 5.69 Å². The molecule has 2 rings (SSSR count). The number of nitrogens with zero attached hydrogens (tertiary/aromatic N) is 1. The Labute approximate surface area is 159 Å². The average Bonchev–Trinajstić information content (AvgIpc) is 2.91. The molecule has 26 heavy (non-hydrogen) atoms. The smallest absolute Gasteiger partial charge is 0.308 e. The number of amides is 1. The second kappa shape index (κ2) is 8.86. The van der Waals surface area contributed by atoms with E-state index in [0.717, 1.165) is 17.0 Å². The van der Waals surface area contributed by atoms with Crippen molar-refractivity contribution in [3.63, 3.8) is 0 Å². The number of esters is 1. The summed E-state index contributed by atoms with van der Waals surface area (Å²) in [5.74, 6) is -0.639. The van der Waals surface area contributed by atoms with Gasteiger partial charge < -0.3 is 19.4 Å². The van der Waals surface area contributed by atoms with Crippen LogP contribution in [-0.4, -0.2) is 29.7 Å². The Morgan fingerprint density at radius 3 is 2.73 bits per heavy atom. The lowest BCUT2D eigenvalue weighted by Crippen LogP contribution is -2.30. The van der Waals surface area contributed by atoms with E-state index in [2.05, 4.69) is 5.32 Å². The number of carbonyl (C=O) groups excluding carboxylic acids is 2. The van der Waals surface area contributed by atoms with Crippen molar-refractivity contribution in [2.24, 2.45) is 0 Å². The predicted molar refractivity (Wildman–Crippen MR) is 100 cm³/mol. The summed E-state index contributed by atoms with van der Waals surface area (Å²) < 4.78 is 11.8. The van der Waals surface area contributed by atoms with E-state index in [9.17, 15) is 14.4 Å². The molecular weight excluding hydrogens is 380 g/mol. The van der Waals surface area contributed by atoms with Crippen molar-refractivity contribution >= 4 is 40.5 Å². The fraction of sp³-hybridized carbons (Fsp3) is 0.353. The fourth-order valence-corrected chi connectivity index (χ4v) is 3.13. The third kappa shape index (κ3) is 5.09. The molecule has 1 aromatic carbocycles. The quantitative estimate of drug-likeness (QED) is 0.724. The first-order valence-corrected chi connectivity index (χ1v) is 9.06. The Bertz CT molecular complexity index is 861. The zero-order chi connectivity index (χ0) is 19.3. The van der Waals surface area contributed by atoms with E-state index in [4.69, 9.17) is 21.1 Å². The van der Waals surface area contributed by atoms with Crippen LogP contribution in [0.15, 0.2) is 28.4 Å². The monoisotopic (exact) mass is 398 g/mol. The number of benzene rings is 1. The molecule has 1 amide bonds. The lowest BCUT2D eigenvalue weighted by molar-refractivity contribution is -0.153. The molecule has 7 nitrogen and oxygen atoms in total. The molecule has 0 spiro atoms. The van der Waals surface area contributed by atoms with Gasteiger partial charge in [-0.15, -0.1) is 0 Å². The van der Waals surface area contributed by atoms with E-state index in [1.54, 1.807) is 30.5 Å². The molecule has 0 aliphatic rings. The number of aromatic nitrogens is 1. The standard InChI is InChI=1S/C17H19ClN2O5S/c1-10-9-26-17(23)20(10)7-6-15(21)25-11(2)16(22)19-13-8-12(18)4-5-14(13)24-3/h4-5,8-9,11H,6-7H2,1-3H3,(H,19,22). The lowest BCUT2D eigenvalue weighted by Gasteiger charge is -2.15. The molecule has 0 radical (unpaired) electrons. The number of nitrogens with one attached hydrogen (secondary N) is 1. The second-order valence-corrected chi connectivity index (χ2v) is 6.77. The number of carbonyl (C=O) groups is 2. The number of ether oxygens (including phenoxy) is 2. The second-order valence-electron chi connectivity index (χ2n) is 5.51. The van der Waals surface area contributed by atoms with Crippen LogP contribution in [0.2, 0.25) is 5.02 Å². The summed E-state index contributed by atoms with van der Waals surface area (Å²) in [6.07, 6.45) is -1.01. The van der Waals surface area contributed by atoms with Crippen LogP contribution in [0.1, 0.15) is 19.0 Å². The summed E-state index contributed by atoms with van der Waals surface area (Å²) >= 11 is 6.99. The molecule has 1 unspecified atom stereocenters. The van der Waals surface area contributed by atoms with Crippen LogP contribution in [0, 0.1) is 6.92 Å². The van der Waals surface area contributed by atoms with Crippen LogP contribution < -0.4 is 14.9 Å². The molecule has 0 saturated carbocycles. The highest BCUT2D eigenvalue weighted by Crippen LogP contribution is 2.27. The molecular formula is C17H19ClN2O5S. The van der Waals surface area contributed by atoms with Crippen molar-refractivity contribution in [2.75, 3.05) is 12.4 Å². The fourth-order valence-electron chi connectivity index (χ4n) is 2.20. The van der Waals surface area contributed by atoms with Gasteiger partial charge in [-0.25, -0.2) is 0 Å². The van der Waals surface area contributed by atoms with Crippen LogP contribution in [-0.2, 0) is 20.9 Å². The summed E-state index contributed by atoms with van der Waals surface area (Å²) in [5, 5.41) is 4.77. The number of hydrogen-bond acceptors (Lipinski definition) is 6. The van der Waals surface area contributed by atoms with Gasteiger partial charge in [-0.05, 0) is 32.0 Å². The van der Waals surface area contributed by atoms with Gasteiger partial charge >= 0.3 is 10.8 Å². The van der Waals surface area contributed by atoms with Gasteiger partial charge in [0.05, 0.1) is 19.2 Å². The predicted octanol–water partition coefficient (Wildman–Crippen LogP) is 2.84. The Hall–Kier alpha value is -2.32. The van der Waals surface area contributed by atoms with E-state index in [1.807, 2.05) is 0 Å². The average molecular weight is 399 g/mol. The van der Waals surface area contributed by atoms with Gasteiger partial charge in [-0.1, -0.05) is 22.9 Å². The first-order chi connectivity index (χ1) is 12.3. The molecule has 1 N–H and O–H groups in total. The number of rotatable bonds is 7. The largest absolute Gasteiger partial charge is 0.495 e. The molecule has 2 aromatic rings. The van der Waals surface area contributed by atoms with Crippen LogP contribution in [0.25, 0.3) is 0 Å². The van der Waals surface area contributed by atoms with Gasteiger partial charge in [0.2, 0.25) is 0 Å². The lowest BCUT2D eigenvalue weighted by atomic mass is 10.2. The van der Waals surface area contributed by atoms with E-state index >= 15 is 0 Å². The highest BCUT2D eigenvalue weighted by molar-refractivity contribution is 7.07. The summed E-state index contributed by atoms with van der Waals surface area (Å²) in [5.41, 5.74) is 1.17. The number of aryl methyl sites for hydroxylation is 1. The minimum absolute atomic E-state index is 0.00438. The topological polar surface area (TPSA) is 86.6 Å². The normalized spacial score (nSPS) is 11.7. The Morgan fingerprint density at radius 2 is 2.12 bits per heavy atom. The van der Waals surface area contributed by atoms with Crippen molar-refractivity contribution in [2.45, 2.75) is 32.9 Å². The highest BCUT2D eigenvalue weighted by Gasteiger charge is 2.19. The third-order valence-corrected chi connectivity index (χ3v) is 4.73. The van der Waals surface area contributed by atoms with Gasteiger partial charge in [0.1, 0.15) is 5.75 Å². The zero-order valence-electron chi connectivity index (χ0n) is 14.6. The van der Waals surface area contributed by atoms with E-state index < -0.39 is 18.0 Å². The first-order valence-electron chi connectivity index (χ1n) is 7.80. The molecule has 0 saturated heterocycles. The Kier molecular flexibility index (Phi) is 6.82. The summed E-state index contributed by atoms with van der Waals surface area (Å²) in [6, 6.07) is 4.79. The number of thiazole rings is 1. The Morgan fingerprint density at radius 1 is 1.38 bits per heavy atom. The molecule has 9 heteroatoms. The van der Waals surface area contributed by atoms with Gasteiger partial charge in [-0.2, -0.15) is 0 Å². The van der Waals surface area contributed by atoms with Crippen molar-refractivity contribution in [3.05, 3.63) is 44.0 Å². The third-order valence-electron chi connectivity index (χ3n) is 3.61. The first kappa shape index (κ1) is 20.0. The summed E-state index contributed by atoms with van der Waals surface area (Å²) in [7, 11) is 1.47. The van der Waals surface area contributed by atoms with Gasteiger partial charge in [0, 0.05) is 22.6 Å². The van der Waals surface area contributed by atoms with Crippen molar-refractivity contribution in [3.8, 4) is 5.75 Å². The molecule has 0 aliphatic heterocycles. The van der Waals surface area contributed by atoms with Crippen LogP contribution in [0.3, 0.4) is 0 Å². The highest BCUT2D eigenvalue weighted by atomic mass is 35.5. The molecule has 0 fully saturated rings. The number of hydrogen-bond donors (Lipinski definition) is 1. The van der Waals surface area contributed by atoms with Gasteiger partial charge in [0.25, 0.3) is 5.91 Å². The van der Waals surface area contributed by atoms with Crippen LogP contribution >= 0.6 is 22.9 Å². The zero-order valence-corrected chi connectivity index (χ0v) is 16.1. The molecule has 140 valence electrons. The van der Waals surface area contributed by atoms with Crippen molar-refractivity contribution < 1.29 is 19.1 Å². The van der Waals surface area contributed by atoms with Crippen molar-refractivity contribution in [1.82, 2.24) is 4.57 Å². The van der Waals surface area contributed by atoms with Gasteiger partial charge in [-0.3, -0.25) is 14.4 Å². The maximum atomic E-state index is 12.2. The number of halogens is 1. The molecule has 1 atom stereocenters. The molecule has 0 bridgehead atoms. The minimum atomic E-state index is -1.01. The number of anilines is 1. The van der Waals surface area contributed by atoms with Gasteiger partial charge in [0.15, 0.2) is 6.10 Å². The molecule has 1 aromatic heterocycles. The maximum Gasteiger partial charge on any atom is 0.308 e. The summed E-state index contributed by atoms with van der Waals surface area (Å²) in [6.45, 7) is 3.47. The SMILES string of the molecule is COc1ccc(Cl)cc1NC(=O)C(C)OC(=O)CCn1c(C)csc1=O. The van der Waals surface area contributed by atoms with E-state index in [0.29, 0.717) is 16.5 Å². The molecule has 1 heterocycles. The van der Waals surface area contributed by atoms with Crippen molar-refractivity contribution in [1.29, 1.82) is 0 Å². The summed E-state index contributed by atoms with van der Waals surface area (Å²) in [4.78, 5) is 35.7. The van der Waals surface area contributed by atoms with E-state index in [-0.39, 0.29) is 17.8 Å². The van der Waals surface area contributed by atoms with E-state index in [1.165, 1.54) is 18.6 Å².